The zero-order valence-corrected chi connectivity index (χ0v) is 10.9. The summed E-state index contributed by atoms with van der Waals surface area (Å²) in [4.78, 5) is 7.27. The summed E-state index contributed by atoms with van der Waals surface area (Å²) in [5.41, 5.74) is 3.81. The van der Waals surface area contributed by atoms with E-state index < -0.39 is 17.5 Å². The predicted molar refractivity (Wildman–Crippen MR) is 70.9 cm³/mol. The number of halogens is 3. The zero-order chi connectivity index (χ0) is 14.4. The topological polar surface area (TPSA) is 28.7 Å². The van der Waals surface area contributed by atoms with Gasteiger partial charge in [0.1, 0.15) is 5.82 Å². The molecule has 0 saturated heterocycles. The van der Waals surface area contributed by atoms with E-state index in [1.807, 2.05) is 26.0 Å². The number of H-pyrrole nitrogens is 1. The molecule has 0 spiro atoms. The Bertz CT molecular complexity index is 759. The molecule has 0 aliphatic heterocycles. The third-order valence-corrected chi connectivity index (χ3v) is 3.35. The van der Waals surface area contributed by atoms with Gasteiger partial charge in [-0.1, -0.05) is 0 Å². The lowest BCUT2D eigenvalue weighted by molar-refractivity contribution is 0.447. The lowest BCUT2D eigenvalue weighted by Crippen LogP contribution is -1.92. The van der Waals surface area contributed by atoms with Crippen molar-refractivity contribution in [2.75, 3.05) is 0 Å². The van der Waals surface area contributed by atoms with E-state index in [-0.39, 0.29) is 5.56 Å². The van der Waals surface area contributed by atoms with Gasteiger partial charge < -0.3 is 4.98 Å². The molecule has 0 fully saturated rings. The minimum absolute atomic E-state index is 0.174. The first-order chi connectivity index (χ1) is 9.45. The minimum atomic E-state index is -1.48. The van der Waals surface area contributed by atoms with Crippen molar-refractivity contribution in [2.24, 2.45) is 0 Å². The molecular weight excluding hydrogens is 265 g/mol. The molecule has 0 saturated carbocycles. The summed E-state index contributed by atoms with van der Waals surface area (Å²) >= 11 is 0. The number of nitrogens with one attached hydrogen (secondary N) is 1. The maximum absolute atomic E-state index is 13.3. The summed E-state index contributed by atoms with van der Waals surface area (Å²) in [5, 5.41) is 0. The van der Waals surface area contributed by atoms with Crippen LogP contribution in [0.15, 0.2) is 24.3 Å². The molecule has 20 heavy (non-hydrogen) atoms. The van der Waals surface area contributed by atoms with Crippen LogP contribution in [0.1, 0.15) is 11.1 Å². The van der Waals surface area contributed by atoms with Gasteiger partial charge in [-0.2, -0.15) is 0 Å². The van der Waals surface area contributed by atoms with Crippen LogP contribution < -0.4 is 0 Å². The van der Waals surface area contributed by atoms with E-state index in [1.54, 1.807) is 0 Å². The van der Waals surface area contributed by atoms with Crippen molar-refractivity contribution in [1.29, 1.82) is 0 Å². The molecule has 1 aromatic heterocycles. The third kappa shape index (κ3) is 1.95. The first kappa shape index (κ1) is 12.7. The molecule has 2 aromatic carbocycles. The average molecular weight is 276 g/mol. The fourth-order valence-electron chi connectivity index (χ4n) is 2.10. The summed E-state index contributed by atoms with van der Waals surface area (Å²) in [6.45, 7) is 3.92. The van der Waals surface area contributed by atoms with Gasteiger partial charge in [-0.25, -0.2) is 18.2 Å². The number of benzene rings is 2. The maximum Gasteiger partial charge on any atom is 0.194 e. The highest BCUT2D eigenvalue weighted by molar-refractivity contribution is 5.80. The lowest BCUT2D eigenvalue weighted by atomic mass is 10.1. The maximum atomic E-state index is 13.3. The van der Waals surface area contributed by atoms with E-state index in [4.69, 9.17) is 0 Å². The van der Waals surface area contributed by atoms with Gasteiger partial charge in [0.2, 0.25) is 0 Å². The molecule has 1 heterocycles. The number of aromatic nitrogens is 2. The van der Waals surface area contributed by atoms with Crippen molar-refractivity contribution < 1.29 is 13.2 Å². The van der Waals surface area contributed by atoms with E-state index in [9.17, 15) is 13.2 Å². The van der Waals surface area contributed by atoms with Crippen LogP contribution in [0.3, 0.4) is 0 Å². The number of fused-ring (bicyclic) bond motifs is 1. The molecule has 3 rings (SSSR count). The highest BCUT2D eigenvalue weighted by Gasteiger charge is 2.14. The summed E-state index contributed by atoms with van der Waals surface area (Å²) in [7, 11) is 0. The largest absolute Gasteiger partial charge is 0.338 e. The van der Waals surface area contributed by atoms with Gasteiger partial charge in [-0.05, 0) is 49.2 Å². The van der Waals surface area contributed by atoms with Crippen molar-refractivity contribution in [1.82, 2.24) is 9.97 Å². The predicted octanol–water partition coefficient (Wildman–Crippen LogP) is 4.26. The van der Waals surface area contributed by atoms with Crippen LogP contribution in [-0.4, -0.2) is 9.97 Å². The molecule has 0 bridgehead atoms. The van der Waals surface area contributed by atoms with Crippen LogP contribution in [0.25, 0.3) is 22.4 Å². The number of imidazole rings is 1. The Morgan fingerprint density at radius 2 is 1.50 bits per heavy atom. The van der Waals surface area contributed by atoms with Crippen LogP contribution in [0.4, 0.5) is 13.2 Å². The number of hydrogen-bond donors (Lipinski definition) is 1. The normalized spacial score (nSPS) is 11.2. The van der Waals surface area contributed by atoms with E-state index >= 15 is 0 Å². The fraction of sp³-hybridized carbons (Fsp3) is 0.133. The molecule has 102 valence electrons. The van der Waals surface area contributed by atoms with Crippen molar-refractivity contribution in [2.45, 2.75) is 13.8 Å². The van der Waals surface area contributed by atoms with Crippen LogP contribution in [0.2, 0.25) is 0 Å². The summed E-state index contributed by atoms with van der Waals surface area (Å²) in [5.74, 6) is -3.63. The molecule has 0 aliphatic rings. The Morgan fingerprint density at radius 3 is 2.15 bits per heavy atom. The number of aryl methyl sites for hydroxylation is 2. The van der Waals surface area contributed by atoms with Gasteiger partial charge in [-0.15, -0.1) is 0 Å². The van der Waals surface area contributed by atoms with Crippen molar-refractivity contribution in [3.05, 3.63) is 52.8 Å². The second-order valence-electron chi connectivity index (χ2n) is 4.79. The van der Waals surface area contributed by atoms with Crippen LogP contribution >= 0.6 is 0 Å². The summed E-state index contributed by atoms with van der Waals surface area (Å²) in [6.07, 6.45) is 0. The van der Waals surface area contributed by atoms with Gasteiger partial charge in [-0.3, -0.25) is 0 Å². The lowest BCUT2D eigenvalue weighted by Gasteiger charge is -1.99. The van der Waals surface area contributed by atoms with Gasteiger partial charge in [0.25, 0.3) is 0 Å². The Labute approximate surface area is 113 Å². The first-order valence-electron chi connectivity index (χ1n) is 6.07. The molecule has 5 heteroatoms. The van der Waals surface area contributed by atoms with Crippen molar-refractivity contribution in [3.8, 4) is 11.4 Å². The Kier molecular flexibility index (Phi) is 2.78. The van der Waals surface area contributed by atoms with E-state index in [1.165, 1.54) is 0 Å². The average Bonchev–Trinajstić information content (AvgIpc) is 2.79. The first-order valence-corrected chi connectivity index (χ1v) is 6.07. The number of aromatic amines is 1. The SMILES string of the molecule is Cc1cc2nc(-c3cc(F)c(F)c(F)c3)[nH]c2cc1C. The Hall–Kier alpha value is -2.30. The smallest absolute Gasteiger partial charge is 0.194 e. The van der Waals surface area contributed by atoms with E-state index in [0.717, 1.165) is 28.8 Å². The van der Waals surface area contributed by atoms with Gasteiger partial charge in [0, 0.05) is 5.56 Å². The molecule has 3 aromatic rings. The standard InChI is InChI=1S/C15H11F3N2/c1-7-3-12-13(4-8(7)2)20-15(19-12)9-5-10(16)14(18)11(17)6-9/h3-6H,1-2H3,(H,19,20). The van der Waals surface area contributed by atoms with Gasteiger partial charge in [0.05, 0.1) is 11.0 Å². The quantitative estimate of drug-likeness (QED) is 0.661. The molecule has 2 nitrogen and oxygen atoms in total. The van der Waals surface area contributed by atoms with Crippen LogP contribution in [-0.2, 0) is 0 Å². The van der Waals surface area contributed by atoms with E-state index in [0.29, 0.717) is 11.3 Å². The summed E-state index contributed by atoms with van der Waals surface area (Å²) in [6, 6.07) is 5.66. The zero-order valence-electron chi connectivity index (χ0n) is 10.9. The molecule has 0 atom stereocenters. The van der Waals surface area contributed by atoms with E-state index in [2.05, 4.69) is 9.97 Å². The molecule has 0 radical (unpaired) electrons. The summed E-state index contributed by atoms with van der Waals surface area (Å²) < 4.78 is 39.5. The second kappa shape index (κ2) is 4.37. The Morgan fingerprint density at radius 1 is 0.900 bits per heavy atom. The van der Waals surface area contributed by atoms with Gasteiger partial charge in [0.15, 0.2) is 17.5 Å². The minimum Gasteiger partial charge on any atom is -0.338 e. The number of rotatable bonds is 1. The highest BCUT2D eigenvalue weighted by atomic mass is 19.2. The molecule has 1 N–H and O–H groups in total. The number of hydrogen-bond acceptors (Lipinski definition) is 1. The fourth-order valence-corrected chi connectivity index (χ4v) is 2.10. The van der Waals surface area contributed by atoms with Crippen molar-refractivity contribution in [3.63, 3.8) is 0 Å². The second-order valence-corrected chi connectivity index (χ2v) is 4.79. The third-order valence-electron chi connectivity index (χ3n) is 3.35. The molecular formula is C15H11F3N2. The van der Waals surface area contributed by atoms with Crippen LogP contribution in [0.5, 0.6) is 0 Å². The monoisotopic (exact) mass is 276 g/mol. The molecule has 0 aliphatic carbocycles. The van der Waals surface area contributed by atoms with Gasteiger partial charge >= 0.3 is 0 Å². The molecule has 0 unspecified atom stereocenters. The van der Waals surface area contributed by atoms with Crippen molar-refractivity contribution >= 4 is 11.0 Å². The molecule has 0 amide bonds. The highest BCUT2D eigenvalue weighted by Crippen LogP contribution is 2.25. The van der Waals surface area contributed by atoms with Crippen LogP contribution in [0, 0.1) is 31.3 Å². The number of nitrogens with zero attached hydrogens (tertiary/aromatic N) is 1. The Balaban J connectivity index is 2.20.